The first kappa shape index (κ1) is 24.8. The van der Waals surface area contributed by atoms with Crippen molar-refractivity contribution >= 4 is 39.3 Å². The van der Waals surface area contributed by atoms with E-state index in [1.54, 1.807) is 36.5 Å². The minimum absolute atomic E-state index is 0.0795. The summed E-state index contributed by atoms with van der Waals surface area (Å²) >= 11 is 0. The maximum absolute atomic E-state index is 16.1. The maximum Gasteiger partial charge on any atom is 0.255 e. The number of aromatic amines is 2. The number of aromatic nitrogens is 7. The number of hydrogen-bond donors (Lipinski definition) is 3. The van der Waals surface area contributed by atoms with Crippen LogP contribution in [0, 0.1) is 5.82 Å². The molecular weight excluding hydrogens is 523 g/mol. The lowest BCUT2D eigenvalue weighted by molar-refractivity contribution is 0.102. The van der Waals surface area contributed by atoms with Gasteiger partial charge < -0.3 is 20.1 Å². The summed E-state index contributed by atoms with van der Waals surface area (Å²) in [6, 6.07) is 12.4. The third-order valence-electron chi connectivity index (χ3n) is 7.28. The highest BCUT2D eigenvalue weighted by molar-refractivity contribution is 6.04. The van der Waals surface area contributed by atoms with E-state index in [9.17, 15) is 4.79 Å². The van der Waals surface area contributed by atoms with Crippen molar-refractivity contribution in [2.75, 3.05) is 43.4 Å². The number of nitrogens with one attached hydrogen (secondary N) is 3. The molecule has 0 aliphatic carbocycles. The molecule has 7 rings (SSSR count). The normalized spacial score (nSPS) is 14.1. The molecule has 1 fully saturated rings. The van der Waals surface area contributed by atoms with Gasteiger partial charge in [-0.1, -0.05) is 18.2 Å². The second kappa shape index (κ2) is 10.1. The average Bonchev–Trinajstić information content (AvgIpc) is 3.63. The van der Waals surface area contributed by atoms with Crippen LogP contribution in [-0.2, 0) is 0 Å². The Labute approximate surface area is 233 Å². The minimum Gasteiger partial charge on any atom is -0.367 e. The zero-order valence-corrected chi connectivity index (χ0v) is 22.1. The van der Waals surface area contributed by atoms with Crippen LogP contribution in [0.3, 0.4) is 0 Å². The summed E-state index contributed by atoms with van der Waals surface area (Å²) in [6.07, 6.45) is 6.28. The Kier molecular flexibility index (Phi) is 6.08. The van der Waals surface area contributed by atoms with Crippen LogP contribution in [0.15, 0.2) is 67.3 Å². The summed E-state index contributed by atoms with van der Waals surface area (Å²) in [5, 5.41) is 10.3. The van der Waals surface area contributed by atoms with E-state index >= 15 is 4.39 Å². The van der Waals surface area contributed by atoms with Crippen LogP contribution in [0.2, 0.25) is 0 Å². The summed E-state index contributed by atoms with van der Waals surface area (Å²) < 4.78 is 16.1. The van der Waals surface area contributed by atoms with Gasteiger partial charge in [-0.3, -0.25) is 19.9 Å². The van der Waals surface area contributed by atoms with Gasteiger partial charge in [0.15, 0.2) is 17.3 Å². The lowest BCUT2D eigenvalue weighted by Gasteiger charge is -2.33. The van der Waals surface area contributed by atoms with Gasteiger partial charge in [0.2, 0.25) is 0 Å². The highest BCUT2D eigenvalue weighted by Crippen LogP contribution is 2.34. The number of pyridine rings is 3. The van der Waals surface area contributed by atoms with E-state index in [1.807, 2.05) is 12.1 Å². The Morgan fingerprint density at radius 1 is 1.00 bits per heavy atom. The number of rotatable bonds is 5. The number of fused-ring (bicyclic) bond motifs is 2. The predicted molar refractivity (Wildman–Crippen MR) is 154 cm³/mol. The molecule has 0 bridgehead atoms. The van der Waals surface area contributed by atoms with Crippen LogP contribution in [-0.4, -0.2) is 79.2 Å². The molecule has 0 radical (unpaired) electrons. The number of likely N-dealkylation sites (N-methyl/N-ethyl adjacent to an activating group) is 1. The summed E-state index contributed by atoms with van der Waals surface area (Å²) in [7, 11) is 2.11. The lowest BCUT2D eigenvalue weighted by Crippen LogP contribution is -2.44. The smallest absolute Gasteiger partial charge is 0.255 e. The summed E-state index contributed by atoms with van der Waals surface area (Å²) in [5.41, 5.74) is 4.46. The van der Waals surface area contributed by atoms with Gasteiger partial charge in [-0.05, 0) is 31.3 Å². The number of halogens is 1. The molecule has 1 aliphatic heterocycles. The largest absolute Gasteiger partial charge is 0.367 e. The van der Waals surface area contributed by atoms with Crippen molar-refractivity contribution in [1.82, 2.24) is 40.0 Å². The molecule has 1 aromatic carbocycles. The maximum atomic E-state index is 16.1. The number of hydrogen-bond acceptors (Lipinski definition) is 8. The quantitative estimate of drug-likeness (QED) is 0.293. The fourth-order valence-corrected chi connectivity index (χ4v) is 5.09. The van der Waals surface area contributed by atoms with Gasteiger partial charge in [0.25, 0.3) is 5.91 Å². The van der Waals surface area contributed by atoms with Crippen LogP contribution in [0.5, 0.6) is 0 Å². The van der Waals surface area contributed by atoms with Crippen LogP contribution < -0.4 is 10.2 Å². The summed E-state index contributed by atoms with van der Waals surface area (Å²) in [5.74, 6) is -0.467. The van der Waals surface area contributed by atoms with E-state index in [2.05, 4.69) is 52.3 Å². The first-order valence-electron chi connectivity index (χ1n) is 13.2. The molecule has 41 heavy (non-hydrogen) atoms. The molecule has 6 aromatic rings. The van der Waals surface area contributed by atoms with E-state index in [0.29, 0.717) is 45.0 Å². The Morgan fingerprint density at radius 3 is 2.66 bits per heavy atom. The topological polar surface area (TPSA) is 132 Å². The molecular formula is C29H25FN10O. The zero-order valence-electron chi connectivity index (χ0n) is 22.1. The van der Waals surface area contributed by atoms with Crippen molar-refractivity contribution in [3.05, 3.63) is 78.6 Å². The van der Waals surface area contributed by atoms with Gasteiger partial charge in [-0.15, -0.1) is 0 Å². The van der Waals surface area contributed by atoms with Gasteiger partial charge in [-0.25, -0.2) is 14.4 Å². The molecule has 1 saturated heterocycles. The van der Waals surface area contributed by atoms with Crippen LogP contribution in [0.4, 0.5) is 15.8 Å². The molecule has 5 aromatic heterocycles. The van der Waals surface area contributed by atoms with Crippen molar-refractivity contribution in [3.63, 3.8) is 0 Å². The van der Waals surface area contributed by atoms with Gasteiger partial charge in [0.1, 0.15) is 16.9 Å². The number of carbonyl (C=O) groups excluding carboxylic acids is 1. The number of H-pyrrole nitrogens is 2. The molecule has 0 saturated carbocycles. The molecule has 12 heteroatoms. The average molecular weight is 549 g/mol. The standard InChI is InChI=1S/C29H25FN10O/c1-39-9-11-40(12-10-39)21-7-8-32-27-25(21)35-28(36-27)26-22-20(37-38-26)16-33-24(23(22)30)18-13-19(15-31-14-18)34-29(41)17-5-3-2-4-6-17/h2-8,13-16H,9-12H2,1H3,(H,34,41)(H,37,38)(H,32,35,36). The Morgan fingerprint density at radius 2 is 1.83 bits per heavy atom. The monoisotopic (exact) mass is 548 g/mol. The van der Waals surface area contributed by atoms with Gasteiger partial charge >= 0.3 is 0 Å². The fraction of sp³-hybridized carbons (Fsp3) is 0.172. The fourth-order valence-electron chi connectivity index (χ4n) is 5.09. The molecule has 0 spiro atoms. The Balaban J connectivity index is 1.25. The molecule has 6 heterocycles. The molecule has 0 unspecified atom stereocenters. The summed E-state index contributed by atoms with van der Waals surface area (Å²) in [4.78, 5) is 38.2. The molecule has 204 valence electrons. The highest BCUT2D eigenvalue weighted by Gasteiger charge is 2.23. The Bertz CT molecular complexity index is 1890. The van der Waals surface area contributed by atoms with Crippen molar-refractivity contribution in [1.29, 1.82) is 0 Å². The predicted octanol–water partition coefficient (Wildman–Crippen LogP) is 4.10. The first-order valence-corrected chi connectivity index (χ1v) is 13.2. The lowest BCUT2D eigenvalue weighted by atomic mass is 10.1. The van der Waals surface area contributed by atoms with Crippen molar-refractivity contribution in [2.45, 2.75) is 0 Å². The third-order valence-corrected chi connectivity index (χ3v) is 7.28. The number of imidazole rings is 1. The minimum atomic E-state index is -0.577. The highest BCUT2D eigenvalue weighted by atomic mass is 19.1. The second-order valence-electron chi connectivity index (χ2n) is 9.97. The van der Waals surface area contributed by atoms with Gasteiger partial charge in [-0.2, -0.15) is 5.10 Å². The number of nitrogens with zero attached hydrogens (tertiary/aromatic N) is 7. The van der Waals surface area contributed by atoms with Crippen LogP contribution in [0.1, 0.15) is 10.4 Å². The molecule has 1 aliphatic rings. The van der Waals surface area contributed by atoms with E-state index in [0.717, 1.165) is 31.9 Å². The van der Waals surface area contributed by atoms with Gasteiger partial charge in [0.05, 0.1) is 34.7 Å². The van der Waals surface area contributed by atoms with Crippen LogP contribution in [0.25, 0.3) is 44.8 Å². The molecule has 0 atom stereocenters. The van der Waals surface area contributed by atoms with Crippen LogP contribution >= 0.6 is 0 Å². The van der Waals surface area contributed by atoms with Crippen molar-refractivity contribution in [3.8, 4) is 22.8 Å². The summed E-state index contributed by atoms with van der Waals surface area (Å²) in [6.45, 7) is 3.67. The van der Waals surface area contributed by atoms with Crippen molar-refractivity contribution in [2.24, 2.45) is 0 Å². The molecule has 11 nitrogen and oxygen atoms in total. The number of piperazine rings is 1. The number of anilines is 2. The number of benzene rings is 1. The zero-order chi connectivity index (χ0) is 27.9. The molecule has 1 amide bonds. The number of amides is 1. The van der Waals surface area contributed by atoms with E-state index in [-0.39, 0.29) is 17.0 Å². The second-order valence-corrected chi connectivity index (χ2v) is 9.97. The van der Waals surface area contributed by atoms with Gasteiger partial charge in [0, 0.05) is 49.7 Å². The Hall–Kier alpha value is -5.23. The first-order chi connectivity index (χ1) is 20.0. The third kappa shape index (κ3) is 4.53. The number of carbonyl (C=O) groups is 1. The van der Waals surface area contributed by atoms with E-state index in [1.165, 1.54) is 18.6 Å². The van der Waals surface area contributed by atoms with E-state index in [4.69, 9.17) is 4.98 Å². The van der Waals surface area contributed by atoms with Crippen molar-refractivity contribution < 1.29 is 9.18 Å². The SMILES string of the molecule is CN1CCN(c2ccnc3[nH]c(-c4n[nH]c5cnc(-c6cncc(NC(=O)c7ccccc7)c6)c(F)c45)nc23)CC1. The van der Waals surface area contributed by atoms with E-state index < -0.39 is 5.82 Å². The molecule has 3 N–H and O–H groups in total.